The van der Waals surface area contributed by atoms with Crippen LogP contribution >= 0.6 is 0 Å². The molecule has 3 nitrogen and oxygen atoms in total. The highest BCUT2D eigenvalue weighted by Crippen LogP contribution is 2.32. The first kappa shape index (κ1) is 15.8. The van der Waals surface area contributed by atoms with Crippen LogP contribution < -0.4 is 5.32 Å². The van der Waals surface area contributed by atoms with Gasteiger partial charge in [-0.15, -0.1) is 0 Å². The first-order valence-electron chi connectivity index (χ1n) is 6.91. The molecular formula is C15H19F3N2O. The standard InChI is InChI=1S/C15H19F3N2O/c1-10(12-7-19-8-12)14(21)20(2)9-11-5-3-4-6-13(11)15(16,17)18/h3-6,10,12,19H,7-9H2,1-2H3. The van der Waals surface area contributed by atoms with Crippen LogP contribution in [0.4, 0.5) is 13.2 Å². The molecule has 0 saturated carbocycles. The van der Waals surface area contributed by atoms with E-state index in [0.717, 1.165) is 19.2 Å². The lowest BCUT2D eigenvalue weighted by Gasteiger charge is -2.34. The minimum atomic E-state index is -4.40. The fraction of sp³-hybridized carbons (Fsp3) is 0.533. The van der Waals surface area contributed by atoms with Gasteiger partial charge in [0, 0.05) is 19.5 Å². The summed E-state index contributed by atoms with van der Waals surface area (Å²) in [6.45, 7) is 3.39. The van der Waals surface area contributed by atoms with E-state index in [1.54, 1.807) is 13.1 Å². The van der Waals surface area contributed by atoms with Crippen LogP contribution in [0.3, 0.4) is 0 Å². The van der Waals surface area contributed by atoms with E-state index in [0.29, 0.717) is 0 Å². The van der Waals surface area contributed by atoms with E-state index in [2.05, 4.69) is 5.32 Å². The Hall–Kier alpha value is -1.56. The lowest BCUT2D eigenvalue weighted by Crippen LogP contribution is -2.49. The highest BCUT2D eigenvalue weighted by atomic mass is 19.4. The Labute approximate surface area is 122 Å². The van der Waals surface area contributed by atoms with Crippen molar-refractivity contribution in [1.82, 2.24) is 10.2 Å². The van der Waals surface area contributed by atoms with E-state index in [1.807, 2.05) is 6.92 Å². The molecule has 1 aliphatic rings. The molecule has 1 aliphatic heterocycles. The molecule has 1 amide bonds. The fourth-order valence-electron chi connectivity index (χ4n) is 2.48. The van der Waals surface area contributed by atoms with Crippen LogP contribution in [0.5, 0.6) is 0 Å². The number of alkyl halides is 3. The maximum Gasteiger partial charge on any atom is 0.416 e. The summed E-state index contributed by atoms with van der Waals surface area (Å²) in [5, 5.41) is 3.10. The number of hydrogen-bond donors (Lipinski definition) is 1. The van der Waals surface area contributed by atoms with Crippen molar-refractivity contribution in [2.45, 2.75) is 19.6 Å². The molecule has 21 heavy (non-hydrogen) atoms. The van der Waals surface area contributed by atoms with Crippen LogP contribution in [0.1, 0.15) is 18.1 Å². The molecule has 116 valence electrons. The molecule has 2 rings (SSSR count). The molecule has 0 aliphatic carbocycles. The molecule has 0 spiro atoms. The zero-order chi connectivity index (χ0) is 15.6. The quantitative estimate of drug-likeness (QED) is 0.926. The van der Waals surface area contributed by atoms with E-state index in [9.17, 15) is 18.0 Å². The summed E-state index contributed by atoms with van der Waals surface area (Å²) in [5.41, 5.74) is -0.553. The molecule has 1 heterocycles. The van der Waals surface area contributed by atoms with Crippen LogP contribution in [0, 0.1) is 11.8 Å². The summed E-state index contributed by atoms with van der Waals surface area (Å²) in [6, 6.07) is 5.38. The van der Waals surface area contributed by atoms with Gasteiger partial charge >= 0.3 is 6.18 Å². The Morgan fingerprint density at radius 3 is 2.52 bits per heavy atom. The molecule has 1 aromatic carbocycles. The van der Waals surface area contributed by atoms with E-state index >= 15 is 0 Å². The second-order valence-corrected chi connectivity index (χ2v) is 5.56. The molecule has 6 heteroatoms. The van der Waals surface area contributed by atoms with Crippen molar-refractivity contribution < 1.29 is 18.0 Å². The number of halogens is 3. The van der Waals surface area contributed by atoms with Crippen molar-refractivity contribution in [2.75, 3.05) is 20.1 Å². The van der Waals surface area contributed by atoms with Crippen LogP contribution in [0.25, 0.3) is 0 Å². The first-order chi connectivity index (χ1) is 9.80. The normalized spacial score (nSPS) is 17.2. The molecule has 0 radical (unpaired) electrons. The molecule has 0 aromatic heterocycles. The smallest absolute Gasteiger partial charge is 0.341 e. The minimum absolute atomic E-state index is 0.0288. The third-order valence-corrected chi connectivity index (χ3v) is 4.02. The molecule has 1 unspecified atom stereocenters. The molecule has 1 N–H and O–H groups in total. The average molecular weight is 300 g/mol. The van der Waals surface area contributed by atoms with Crippen LogP contribution in [-0.4, -0.2) is 30.9 Å². The third kappa shape index (κ3) is 3.56. The number of amides is 1. The lowest BCUT2D eigenvalue weighted by molar-refractivity contribution is -0.141. The molecule has 1 aromatic rings. The van der Waals surface area contributed by atoms with Gasteiger partial charge in [0.15, 0.2) is 0 Å². The van der Waals surface area contributed by atoms with Gasteiger partial charge in [0.2, 0.25) is 5.91 Å². The van der Waals surface area contributed by atoms with E-state index < -0.39 is 11.7 Å². The number of nitrogens with zero attached hydrogens (tertiary/aromatic N) is 1. The van der Waals surface area contributed by atoms with Crippen molar-refractivity contribution in [3.05, 3.63) is 35.4 Å². The SMILES string of the molecule is CC(C(=O)N(C)Cc1ccccc1C(F)(F)F)C1CNC1. The highest BCUT2D eigenvalue weighted by molar-refractivity contribution is 5.78. The second kappa shape index (κ2) is 6.05. The van der Waals surface area contributed by atoms with Gasteiger partial charge in [0.1, 0.15) is 0 Å². The van der Waals surface area contributed by atoms with E-state index in [-0.39, 0.29) is 29.9 Å². The van der Waals surface area contributed by atoms with Crippen LogP contribution in [0.15, 0.2) is 24.3 Å². The lowest BCUT2D eigenvalue weighted by atomic mass is 9.88. The molecule has 1 saturated heterocycles. The maximum atomic E-state index is 12.9. The number of carbonyl (C=O) groups excluding carboxylic acids is 1. The van der Waals surface area contributed by atoms with Gasteiger partial charge in [-0.05, 0) is 30.6 Å². The summed E-state index contributed by atoms with van der Waals surface area (Å²) in [4.78, 5) is 13.6. The predicted octanol–water partition coefficient (Wildman–Crippen LogP) is 2.52. The summed E-state index contributed by atoms with van der Waals surface area (Å²) >= 11 is 0. The van der Waals surface area contributed by atoms with Crippen molar-refractivity contribution in [1.29, 1.82) is 0 Å². The van der Waals surface area contributed by atoms with Crippen molar-refractivity contribution >= 4 is 5.91 Å². The van der Waals surface area contributed by atoms with Gasteiger partial charge in [-0.2, -0.15) is 13.2 Å². The maximum absolute atomic E-state index is 12.9. The van der Waals surface area contributed by atoms with Gasteiger partial charge in [-0.1, -0.05) is 25.1 Å². The number of carbonyl (C=O) groups is 1. The number of nitrogens with one attached hydrogen (secondary N) is 1. The Kier molecular flexibility index (Phi) is 4.56. The van der Waals surface area contributed by atoms with Gasteiger partial charge in [-0.25, -0.2) is 0 Å². The second-order valence-electron chi connectivity index (χ2n) is 5.56. The molecule has 1 fully saturated rings. The Bertz CT molecular complexity index is 512. The minimum Gasteiger partial charge on any atom is -0.341 e. The Morgan fingerprint density at radius 2 is 2.00 bits per heavy atom. The van der Waals surface area contributed by atoms with E-state index in [4.69, 9.17) is 0 Å². The Balaban J connectivity index is 2.09. The van der Waals surface area contributed by atoms with Crippen molar-refractivity contribution in [2.24, 2.45) is 11.8 Å². The Morgan fingerprint density at radius 1 is 1.38 bits per heavy atom. The fourth-order valence-corrected chi connectivity index (χ4v) is 2.48. The number of hydrogen-bond acceptors (Lipinski definition) is 2. The van der Waals surface area contributed by atoms with Gasteiger partial charge in [0.05, 0.1) is 5.56 Å². The average Bonchev–Trinajstić information content (AvgIpc) is 2.35. The van der Waals surface area contributed by atoms with Crippen LogP contribution in [0.2, 0.25) is 0 Å². The zero-order valence-corrected chi connectivity index (χ0v) is 12.1. The van der Waals surface area contributed by atoms with Gasteiger partial charge in [-0.3, -0.25) is 4.79 Å². The predicted molar refractivity (Wildman–Crippen MR) is 73.4 cm³/mol. The molecule has 0 bridgehead atoms. The zero-order valence-electron chi connectivity index (χ0n) is 12.1. The van der Waals surface area contributed by atoms with E-state index in [1.165, 1.54) is 17.0 Å². The summed E-state index contributed by atoms with van der Waals surface area (Å²) in [6.07, 6.45) is -4.40. The monoisotopic (exact) mass is 300 g/mol. The first-order valence-corrected chi connectivity index (χ1v) is 6.91. The highest BCUT2D eigenvalue weighted by Gasteiger charge is 2.34. The number of rotatable bonds is 4. The van der Waals surface area contributed by atoms with Crippen molar-refractivity contribution in [3.63, 3.8) is 0 Å². The summed E-state index contributed by atoms with van der Waals surface area (Å²) in [7, 11) is 1.55. The molecular weight excluding hydrogens is 281 g/mol. The largest absolute Gasteiger partial charge is 0.416 e. The molecule has 1 atom stereocenters. The summed E-state index contributed by atoms with van der Waals surface area (Å²) < 4.78 is 38.8. The van der Waals surface area contributed by atoms with Gasteiger partial charge in [0.25, 0.3) is 0 Å². The van der Waals surface area contributed by atoms with Crippen molar-refractivity contribution in [3.8, 4) is 0 Å². The topological polar surface area (TPSA) is 32.3 Å². The summed E-state index contributed by atoms with van der Waals surface area (Å²) in [5.74, 6) is -0.00872. The van der Waals surface area contributed by atoms with Gasteiger partial charge < -0.3 is 10.2 Å². The third-order valence-electron chi connectivity index (χ3n) is 4.02. The number of benzene rings is 1. The van der Waals surface area contributed by atoms with Crippen LogP contribution in [-0.2, 0) is 17.5 Å².